The minimum atomic E-state index is -4.46. The molecule has 1 fully saturated rings. The highest BCUT2D eigenvalue weighted by Gasteiger charge is 2.32. The smallest absolute Gasteiger partial charge is 0.317 e. The van der Waals surface area contributed by atoms with Crippen molar-refractivity contribution in [3.8, 4) is 0 Å². The quantitative estimate of drug-likeness (QED) is 0.428. The van der Waals surface area contributed by atoms with Gasteiger partial charge in [0.05, 0.1) is 5.56 Å². The van der Waals surface area contributed by atoms with Crippen LogP contribution in [0.3, 0.4) is 0 Å². The third kappa shape index (κ3) is 5.95. The fourth-order valence-electron chi connectivity index (χ4n) is 4.56. The Morgan fingerprint density at radius 3 is 2.12 bits per heavy atom. The zero-order valence-corrected chi connectivity index (χ0v) is 18.3. The van der Waals surface area contributed by atoms with Crippen molar-refractivity contribution in [2.75, 3.05) is 5.32 Å². The maximum absolute atomic E-state index is 13.3. The van der Waals surface area contributed by atoms with E-state index in [2.05, 4.69) is 17.4 Å². The molecule has 172 valence electrons. The summed E-state index contributed by atoms with van der Waals surface area (Å²) in [6, 6.07) is 24.5. The molecule has 3 aromatic rings. The highest BCUT2D eigenvalue weighted by molar-refractivity contribution is 5.89. The van der Waals surface area contributed by atoms with E-state index in [-0.39, 0.29) is 17.8 Å². The number of halogens is 3. The van der Waals surface area contributed by atoms with Gasteiger partial charge in [0, 0.05) is 18.3 Å². The van der Waals surface area contributed by atoms with E-state index in [1.54, 1.807) is 4.90 Å². The minimum absolute atomic E-state index is 0.0240. The molecule has 3 nitrogen and oxygen atoms in total. The van der Waals surface area contributed by atoms with Gasteiger partial charge in [-0.25, -0.2) is 4.79 Å². The molecule has 0 aliphatic heterocycles. The summed E-state index contributed by atoms with van der Waals surface area (Å²) in [4.78, 5) is 15.0. The molecular formula is C27H27F3N2O. The molecule has 0 atom stereocenters. The van der Waals surface area contributed by atoms with Crippen molar-refractivity contribution < 1.29 is 18.0 Å². The monoisotopic (exact) mass is 452 g/mol. The van der Waals surface area contributed by atoms with Gasteiger partial charge in [0.15, 0.2) is 0 Å². The van der Waals surface area contributed by atoms with Crippen molar-refractivity contribution in [3.63, 3.8) is 0 Å². The standard InChI is InChI=1S/C27H27F3N2O/c28-27(29,30)23-12-7-13-24(18-23)31-26(33)32(19-20-8-3-1-4-9-20)25-16-14-22(15-17-25)21-10-5-2-6-11-21/h1-13,18,22,25H,14-17,19H2,(H,31,33). The molecule has 0 heterocycles. The first kappa shape index (κ1) is 22.9. The van der Waals surface area contributed by atoms with Gasteiger partial charge in [-0.3, -0.25) is 0 Å². The molecule has 6 heteroatoms. The third-order valence-corrected chi connectivity index (χ3v) is 6.31. The summed E-state index contributed by atoms with van der Waals surface area (Å²) >= 11 is 0. The fourth-order valence-corrected chi connectivity index (χ4v) is 4.56. The van der Waals surface area contributed by atoms with Crippen LogP contribution in [-0.2, 0) is 12.7 Å². The van der Waals surface area contributed by atoms with Crippen molar-refractivity contribution in [3.05, 3.63) is 102 Å². The van der Waals surface area contributed by atoms with Crippen LogP contribution < -0.4 is 5.32 Å². The predicted octanol–water partition coefficient (Wildman–Crippen LogP) is 7.47. The summed E-state index contributed by atoms with van der Waals surface area (Å²) in [5, 5.41) is 2.70. The zero-order valence-electron chi connectivity index (χ0n) is 18.3. The Kier molecular flexibility index (Phi) is 7.02. The van der Waals surface area contributed by atoms with Gasteiger partial charge in [-0.05, 0) is 60.9 Å². The Morgan fingerprint density at radius 1 is 0.848 bits per heavy atom. The lowest BCUT2D eigenvalue weighted by molar-refractivity contribution is -0.137. The van der Waals surface area contributed by atoms with Crippen LogP contribution in [0.4, 0.5) is 23.7 Å². The van der Waals surface area contributed by atoms with E-state index in [0.717, 1.165) is 43.4 Å². The fraction of sp³-hybridized carbons (Fsp3) is 0.296. The van der Waals surface area contributed by atoms with Crippen molar-refractivity contribution in [1.82, 2.24) is 4.90 Å². The maximum Gasteiger partial charge on any atom is 0.416 e. The molecule has 0 radical (unpaired) electrons. The molecule has 2 amide bonds. The Labute approximate surface area is 192 Å². The van der Waals surface area contributed by atoms with E-state index in [4.69, 9.17) is 0 Å². The highest BCUT2D eigenvalue weighted by Crippen LogP contribution is 2.36. The topological polar surface area (TPSA) is 32.3 Å². The molecule has 3 aromatic carbocycles. The summed E-state index contributed by atoms with van der Waals surface area (Å²) in [6.45, 7) is 0.409. The number of rotatable bonds is 5. The number of nitrogens with zero attached hydrogens (tertiary/aromatic N) is 1. The number of anilines is 1. The van der Waals surface area contributed by atoms with Gasteiger partial charge in [0.1, 0.15) is 0 Å². The second-order valence-corrected chi connectivity index (χ2v) is 8.54. The molecule has 4 rings (SSSR count). The molecule has 1 N–H and O–H groups in total. The van der Waals surface area contributed by atoms with E-state index in [1.165, 1.54) is 17.7 Å². The molecule has 1 saturated carbocycles. The highest BCUT2D eigenvalue weighted by atomic mass is 19.4. The second kappa shape index (κ2) is 10.1. The molecule has 0 spiro atoms. The zero-order chi connectivity index (χ0) is 23.3. The first-order valence-corrected chi connectivity index (χ1v) is 11.2. The first-order chi connectivity index (χ1) is 15.9. The van der Waals surface area contributed by atoms with Crippen LogP contribution in [0.5, 0.6) is 0 Å². The average Bonchev–Trinajstić information content (AvgIpc) is 2.83. The van der Waals surface area contributed by atoms with Crippen molar-refractivity contribution in [2.45, 2.75) is 50.4 Å². The van der Waals surface area contributed by atoms with Crippen LogP contribution in [0.15, 0.2) is 84.9 Å². The van der Waals surface area contributed by atoms with Crippen LogP contribution >= 0.6 is 0 Å². The molecule has 33 heavy (non-hydrogen) atoms. The number of amides is 2. The predicted molar refractivity (Wildman–Crippen MR) is 124 cm³/mol. The number of alkyl halides is 3. The number of urea groups is 1. The number of hydrogen-bond donors (Lipinski definition) is 1. The Bertz CT molecular complexity index is 1050. The van der Waals surface area contributed by atoms with E-state index < -0.39 is 11.7 Å². The van der Waals surface area contributed by atoms with Crippen LogP contribution in [0, 0.1) is 0 Å². The van der Waals surface area contributed by atoms with E-state index >= 15 is 0 Å². The molecule has 1 aliphatic rings. The largest absolute Gasteiger partial charge is 0.416 e. The SMILES string of the molecule is O=C(Nc1cccc(C(F)(F)F)c1)N(Cc1ccccc1)C1CCC(c2ccccc2)CC1. The molecule has 0 bridgehead atoms. The van der Waals surface area contributed by atoms with Gasteiger partial charge in [0.25, 0.3) is 0 Å². The minimum Gasteiger partial charge on any atom is -0.317 e. The number of nitrogens with one attached hydrogen (secondary N) is 1. The van der Waals surface area contributed by atoms with E-state index in [0.29, 0.717) is 12.5 Å². The van der Waals surface area contributed by atoms with Gasteiger partial charge in [-0.15, -0.1) is 0 Å². The van der Waals surface area contributed by atoms with Gasteiger partial charge >= 0.3 is 12.2 Å². The summed E-state index contributed by atoms with van der Waals surface area (Å²) in [7, 11) is 0. The van der Waals surface area contributed by atoms with Gasteiger partial charge in [-0.2, -0.15) is 13.2 Å². The van der Waals surface area contributed by atoms with Crippen molar-refractivity contribution in [1.29, 1.82) is 0 Å². The average molecular weight is 453 g/mol. The normalized spacial score (nSPS) is 18.5. The molecule has 1 aliphatic carbocycles. The Balaban J connectivity index is 1.50. The summed E-state index contributed by atoms with van der Waals surface area (Å²) in [5.41, 5.74) is 1.67. The van der Waals surface area contributed by atoms with E-state index in [1.807, 2.05) is 48.5 Å². The molecule has 0 aromatic heterocycles. The lowest BCUT2D eigenvalue weighted by atomic mass is 9.81. The van der Waals surface area contributed by atoms with Crippen LogP contribution in [-0.4, -0.2) is 17.0 Å². The number of benzene rings is 3. The van der Waals surface area contributed by atoms with Crippen LogP contribution in [0.1, 0.15) is 48.3 Å². The summed E-state index contributed by atoms with van der Waals surface area (Å²) < 4.78 is 39.3. The van der Waals surface area contributed by atoms with Crippen molar-refractivity contribution in [2.24, 2.45) is 0 Å². The molecule has 0 unspecified atom stereocenters. The van der Waals surface area contributed by atoms with Gasteiger partial charge < -0.3 is 10.2 Å². The van der Waals surface area contributed by atoms with Crippen molar-refractivity contribution >= 4 is 11.7 Å². The van der Waals surface area contributed by atoms with Gasteiger partial charge in [-0.1, -0.05) is 66.7 Å². The lowest BCUT2D eigenvalue weighted by Crippen LogP contribution is -2.44. The molecule has 0 saturated heterocycles. The Morgan fingerprint density at radius 2 is 1.48 bits per heavy atom. The number of hydrogen-bond acceptors (Lipinski definition) is 1. The maximum atomic E-state index is 13.3. The lowest BCUT2D eigenvalue weighted by Gasteiger charge is -2.37. The third-order valence-electron chi connectivity index (χ3n) is 6.31. The van der Waals surface area contributed by atoms with Crippen LogP contribution in [0.25, 0.3) is 0 Å². The van der Waals surface area contributed by atoms with Gasteiger partial charge in [0.2, 0.25) is 0 Å². The Hall–Kier alpha value is -3.28. The molecular weight excluding hydrogens is 425 g/mol. The number of carbonyl (C=O) groups excluding carboxylic acids is 1. The summed E-state index contributed by atoms with van der Waals surface area (Å²) in [6.07, 6.45) is -0.821. The van der Waals surface area contributed by atoms with Crippen LogP contribution in [0.2, 0.25) is 0 Å². The number of carbonyl (C=O) groups is 1. The first-order valence-electron chi connectivity index (χ1n) is 11.2. The van der Waals surface area contributed by atoms with E-state index in [9.17, 15) is 18.0 Å². The second-order valence-electron chi connectivity index (χ2n) is 8.54. The summed E-state index contributed by atoms with van der Waals surface area (Å²) in [5.74, 6) is 0.465.